The summed E-state index contributed by atoms with van der Waals surface area (Å²) in [4.78, 5) is 1.69. The number of halogens is 3. The molecular formula is C20H21F3N4O2S. The van der Waals surface area contributed by atoms with E-state index < -0.39 is 21.9 Å². The molecule has 1 aromatic heterocycles. The van der Waals surface area contributed by atoms with Gasteiger partial charge < -0.3 is 4.90 Å². The molecule has 30 heavy (non-hydrogen) atoms. The number of para-hydroxylation sites is 1. The van der Waals surface area contributed by atoms with E-state index in [1.165, 1.54) is 24.3 Å². The average Bonchev–Trinajstić information content (AvgIpc) is 3.12. The molecule has 0 spiro atoms. The fourth-order valence-corrected chi connectivity index (χ4v) is 3.91. The molecule has 2 N–H and O–H groups in total. The molecule has 160 valence electrons. The van der Waals surface area contributed by atoms with Crippen molar-refractivity contribution in [1.29, 1.82) is 0 Å². The van der Waals surface area contributed by atoms with Gasteiger partial charge in [0.05, 0.1) is 11.4 Å². The van der Waals surface area contributed by atoms with E-state index in [0.717, 1.165) is 28.5 Å². The first kappa shape index (κ1) is 21.8. The van der Waals surface area contributed by atoms with Gasteiger partial charge >= 0.3 is 6.18 Å². The van der Waals surface area contributed by atoms with Crippen LogP contribution in [0.1, 0.15) is 18.2 Å². The highest BCUT2D eigenvalue weighted by Gasteiger charge is 2.36. The second-order valence-electron chi connectivity index (χ2n) is 6.85. The predicted molar refractivity (Wildman–Crippen MR) is 109 cm³/mol. The van der Waals surface area contributed by atoms with Gasteiger partial charge in [0.1, 0.15) is 4.90 Å². The lowest BCUT2D eigenvalue weighted by Gasteiger charge is -2.20. The standard InChI is InChI=1S/C20H21F3N4O2S/c1-4-26(3)15-10-9-14(11-13(15)2)17-12-19(20(21,22)23)25-27(17)16-7-5-6-8-18(16)30(24,28)29/h5-12H,4H2,1-3H3,(H2,24,28,29). The van der Waals surface area contributed by atoms with E-state index in [2.05, 4.69) is 5.10 Å². The van der Waals surface area contributed by atoms with Crippen molar-refractivity contribution in [2.75, 3.05) is 18.5 Å². The second kappa shape index (κ2) is 7.77. The minimum atomic E-state index is -4.70. The maximum atomic E-state index is 13.4. The molecule has 6 nitrogen and oxygen atoms in total. The normalized spacial score (nSPS) is 12.2. The number of anilines is 1. The Labute approximate surface area is 172 Å². The molecule has 0 aliphatic carbocycles. The van der Waals surface area contributed by atoms with Crippen molar-refractivity contribution in [1.82, 2.24) is 9.78 Å². The Hall–Kier alpha value is -2.85. The molecule has 3 rings (SSSR count). The largest absolute Gasteiger partial charge is 0.435 e. The molecular weight excluding hydrogens is 417 g/mol. The van der Waals surface area contributed by atoms with Gasteiger partial charge in [0, 0.05) is 24.8 Å². The van der Waals surface area contributed by atoms with Gasteiger partial charge in [-0.05, 0) is 49.7 Å². The summed E-state index contributed by atoms with van der Waals surface area (Å²) in [6, 6.07) is 11.7. The first-order valence-corrected chi connectivity index (χ1v) is 10.6. The molecule has 0 unspecified atom stereocenters. The van der Waals surface area contributed by atoms with Crippen molar-refractivity contribution in [3.05, 3.63) is 59.8 Å². The van der Waals surface area contributed by atoms with Crippen molar-refractivity contribution in [3.8, 4) is 16.9 Å². The molecule has 1 heterocycles. The van der Waals surface area contributed by atoms with Crippen molar-refractivity contribution in [2.24, 2.45) is 5.14 Å². The summed E-state index contributed by atoms with van der Waals surface area (Å²) in [5.74, 6) is 0. The summed E-state index contributed by atoms with van der Waals surface area (Å²) in [5, 5.41) is 8.94. The van der Waals surface area contributed by atoms with Crippen LogP contribution in [0.5, 0.6) is 0 Å². The van der Waals surface area contributed by atoms with E-state index in [1.807, 2.05) is 31.9 Å². The summed E-state index contributed by atoms with van der Waals surface area (Å²) in [6.45, 7) is 4.61. The van der Waals surface area contributed by atoms with Gasteiger partial charge in [0.15, 0.2) is 5.69 Å². The number of nitrogens with two attached hydrogens (primary N) is 1. The number of nitrogens with zero attached hydrogens (tertiary/aromatic N) is 3. The van der Waals surface area contributed by atoms with Gasteiger partial charge in [-0.2, -0.15) is 18.3 Å². The Morgan fingerprint density at radius 2 is 1.80 bits per heavy atom. The van der Waals surface area contributed by atoms with Crippen LogP contribution in [0.25, 0.3) is 16.9 Å². The Balaban J connectivity index is 2.28. The summed E-state index contributed by atoms with van der Waals surface area (Å²) >= 11 is 0. The molecule has 2 aromatic carbocycles. The molecule has 0 atom stereocenters. The van der Waals surface area contributed by atoms with Gasteiger partial charge in [-0.1, -0.05) is 18.2 Å². The van der Waals surface area contributed by atoms with Crippen molar-refractivity contribution < 1.29 is 21.6 Å². The van der Waals surface area contributed by atoms with Crippen LogP contribution in [0.4, 0.5) is 18.9 Å². The lowest BCUT2D eigenvalue weighted by molar-refractivity contribution is -0.141. The molecule has 0 saturated carbocycles. The molecule has 0 radical (unpaired) electrons. The van der Waals surface area contributed by atoms with Gasteiger partial charge in [-0.3, -0.25) is 0 Å². The van der Waals surface area contributed by atoms with Crippen molar-refractivity contribution in [2.45, 2.75) is 24.9 Å². The zero-order valence-electron chi connectivity index (χ0n) is 16.6. The van der Waals surface area contributed by atoms with E-state index >= 15 is 0 Å². The molecule has 0 aliphatic heterocycles. The maximum Gasteiger partial charge on any atom is 0.435 e. The summed E-state index contributed by atoms with van der Waals surface area (Å²) in [5.41, 5.74) is 1.18. The van der Waals surface area contributed by atoms with E-state index in [-0.39, 0.29) is 16.3 Å². The SMILES string of the molecule is CCN(C)c1ccc(-c2cc(C(F)(F)F)nn2-c2ccccc2S(N)(=O)=O)cc1C. The molecule has 0 saturated heterocycles. The zero-order chi connectivity index (χ0) is 22.3. The number of benzene rings is 2. The lowest BCUT2D eigenvalue weighted by atomic mass is 10.1. The highest BCUT2D eigenvalue weighted by atomic mass is 32.2. The van der Waals surface area contributed by atoms with Crippen LogP contribution in [-0.4, -0.2) is 31.8 Å². The van der Waals surface area contributed by atoms with Gasteiger partial charge in [-0.25, -0.2) is 18.2 Å². The predicted octanol–water partition coefficient (Wildman–Crippen LogP) is 3.97. The van der Waals surface area contributed by atoms with E-state index in [1.54, 1.807) is 12.1 Å². The molecule has 0 bridgehead atoms. The number of rotatable bonds is 5. The van der Waals surface area contributed by atoms with Crippen LogP contribution in [0.15, 0.2) is 53.4 Å². The van der Waals surface area contributed by atoms with Gasteiger partial charge in [-0.15, -0.1) is 0 Å². The molecule has 0 amide bonds. The average molecular weight is 438 g/mol. The third-order valence-electron chi connectivity index (χ3n) is 4.78. The summed E-state index contributed by atoms with van der Waals surface area (Å²) in [6.07, 6.45) is -4.70. The maximum absolute atomic E-state index is 13.4. The van der Waals surface area contributed by atoms with Crippen LogP contribution >= 0.6 is 0 Å². The van der Waals surface area contributed by atoms with Crippen LogP contribution in [0.2, 0.25) is 0 Å². The van der Waals surface area contributed by atoms with E-state index in [4.69, 9.17) is 5.14 Å². The van der Waals surface area contributed by atoms with E-state index in [9.17, 15) is 21.6 Å². The van der Waals surface area contributed by atoms with Crippen LogP contribution < -0.4 is 10.0 Å². The lowest BCUT2D eigenvalue weighted by Crippen LogP contribution is -2.17. The second-order valence-corrected chi connectivity index (χ2v) is 8.38. The fraction of sp³-hybridized carbons (Fsp3) is 0.250. The zero-order valence-corrected chi connectivity index (χ0v) is 17.4. The number of hydrogen-bond acceptors (Lipinski definition) is 4. The number of hydrogen-bond donors (Lipinski definition) is 1. The summed E-state index contributed by atoms with van der Waals surface area (Å²) < 4.78 is 65.2. The van der Waals surface area contributed by atoms with Gasteiger partial charge in [0.2, 0.25) is 10.0 Å². The Morgan fingerprint density at radius 1 is 1.13 bits per heavy atom. The van der Waals surface area contributed by atoms with Crippen LogP contribution in [0, 0.1) is 6.92 Å². The first-order chi connectivity index (χ1) is 13.9. The molecule has 10 heteroatoms. The quantitative estimate of drug-likeness (QED) is 0.654. The molecule has 3 aromatic rings. The minimum absolute atomic E-state index is 0.0575. The molecule has 0 aliphatic rings. The van der Waals surface area contributed by atoms with Crippen molar-refractivity contribution >= 4 is 15.7 Å². The number of sulfonamides is 1. The highest BCUT2D eigenvalue weighted by Crippen LogP contribution is 2.35. The van der Waals surface area contributed by atoms with Crippen LogP contribution in [0.3, 0.4) is 0 Å². The third-order valence-corrected chi connectivity index (χ3v) is 5.74. The van der Waals surface area contributed by atoms with E-state index in [0.29, 0.717) is 5.56 Å². The Morgan fingerprint density at radius 3 is 2.37 bits per heavy atom. The number of alkyl halides is 3. The number of aromatic nitrogens is 2. The topological polar surface area (TPSA) is 81.2 Å². The number of aryl methyl sites for hydroxylation is 1. The third kappa shape index (κ3) is 4.19. The Kier molecular flexibility index (Phi) is 5.66. The Bertz CT molecular complexity index is 1190. The smallest absolute Gasteiger partial charge is 0.375 e. The molecule has 0 fully saturated rings. The monoisotopic (exact) mass is 438 g/mol. The van der Waals surface area contributed by atoms with Crippen molar-refractivity contribution in [3.63, 3.8) is 0 Å². The number of primary sulfonamides is 1. The first-order valence-electron chi connectivity index (χ1n) is 9.05. The highest BCUT2D eigenvalue weighted by molar-refractivity contribution is 7.89. The van der Waals surface area contributed by atoms with Crippen LogP contribution in [-0.2, 0) is 16.2 Å². The minimum Gasteiger partial charge on any atom is -0.375 e. The summed E-state index contributed by atoms with van der Waals surface area (Å²) in [7, 11) is -2.27. The fourth-order valence-electron chi connectivity index (χ4n) is 3.20. The van der Waals surface area contributed by atoms with Gasteiger partial charge in [0.25, 0.3) is 0 Å².